The topological polar surface area (TPSA) is 24.9 Å². The monoisotopic (exact) mass is 318 g/mol. The summed E-state index contributed by atoms with van der Waals surface area (Å²) < 4.78 is 0.855. The Labute approximate surface area is 123 Å². The van der Waals surface area contributed by atoms with Crippen molar-refractivity contribution in [3.05, 3.63) is 57.3 Å². The normalized spacial score (nSPS) is 12.3. The number of rotatable bonds is 3. The Morgan fingerprint density at radius 2 is 1.74 bits per heavy atom. The van der Waals surface area contributed by atoms with Crippen molar-refractivity contribution in [1.29, 1.82) is 0 Å². The first kappa shape index (κ1) is 14.1. The zero-order chi connectivity index (χ0) is 14.0. The molecule has 1 aromatic heterocycles. The molecule has 1 unspecified atom stereocenters. The van der Waals surface area contributed by atoms with Crippen LogP contribution in [-0.2, 0) is 0 Å². The van der Waals surface area contributed by atoms with Gasteiger partial charge < -0.3 is 5.32 Å². The van der Waals surface area contributed by atoms with E-state index in [0.29, 0.717) is 0 Å². The lowest BCUT2D eigenvalue weighted by molar-refractivity contribution is 0.860. The Morgan fingerprint density at radius 1 is 1.11 bits per heavy atom. The summed E-state index contributed by atoms with van der Waals surface area (Å²) in [6.07, 6.45) is 1.85. The molecule has 100 valence electrons. The summed E-state index contributed by atoms with van der Waals surface area (Å²) in [5.74, 6) is 0. The minimum Gasteiger partial charge on any atom is -0.377 e. The van der Waals surface area contributed by atoms with Gasteiger partial charge in [-0.1, -0.05) is 17.7 Å². The molecular weight excluding hydrogens is 300 g/mol. The highest BCUT2D eigenvalue weighted by Crippen LogP contribution is 2.26. The standard InChI is InChI=1S/C16H19BrN2/c1-10-7-11(2)16(12(3)8-10)13(4)19-14-5-6-15(17)18-9-14/h5-9,13,19H,1-4H3. The van der Waals surface area contributed by atoms with Crippen LogP contribution < -0.4 is 5.32 Å². The summed E-state index contributed by atoms with van der Waals surface area (Å²) in [4.78, 5) is 4.24. The summed E-state index contributed by atoms with van der Waals surface area (Å²) in [5, 5.41) is 3.50. The van der Waals surface area contributed by atoms with E-state index in [1.807, 2.05) is 18.3 Å². The molecule has 0 fully saturated rings. The van der Waals surface area contributed by atoms with Crippen molar-refractivity contribution in [3.63, 3.8) is 0 Å². The number of aromatic nitrogens is 1. The van der Waals surface area contributed by atoms with E-state index in [4.69, 9.17) is 0 Å². The van der Waals surface area contributed by atoms with Gasteiger partial charge in [0.15, 0.2) is 0 Å². The summed E-state index contributed by atoms with van der Waals surface area (Å²) in [6.45, 7) is 8.67. The SMILES string of the molecule is Cc1cc(C)c(C(C)Nc2ccc(Br)nc2)c(C)c1. The predicted octanol–water partition coefficient (Wildman–Crippen LogP) is 4.94. The van der Waals surface area contributed by atoms with Gasteiger partial charge in [-0.2, -0.15) is 0 Å². The smallest absolute Gasteiger partial charge is 0.106 e. The van der Waals surface area contributed by atoms with E-state index in [1.54, 1.807) is 0 Å². The molecular formula is C16H19BrN2. The van der Waals surface area contributed by atoms with E-state index < -0.39 is 0 Å². The first-order valence-corrected chi connectivity index (χ1v) is 7.22. The maximum atomic E-state index is 4.24. The maximum Gasteiger partial charge on any atom is 0.106 e. The average Bonchev–Trinajstić information content (AvgIpc) is 2.30. The lowest BCUT2D eigenvalue weighted by Crippen LogP contribution is -2.10. The van der Waals surface area contributed by atoms with Crippen LogP contribution in [0.4, 0.5) is 5.69 Å². The van der Waals surface area contributed by atoms with Gasteiger partial charge >= 0.3 is 0 Å². The van der Waals surface area contributed by atoms with Crippen molar-refractivity contribution in [2.24, 2.45) is 0 Å². The van der Waals surface area contributed by atoms with E-state index in [1.165, 1.54) is 22.3 Å². The molecule has 0 bridgehead atoms. The summed E-state index contributed by atoms with van der Waals surface area (Å²) in [6, 6.07) is 8.72. The van der Waals surface area contributed by atoms with Gasteiger partial charge in [0.1, 0.15) is 4.60 Å². The molecule has 0 aliphatic carbocycles. The molecule has 1 heterocycles. The number of halogens is 1. The Morgan fingerprint density at radius 3 is 2.26 bits per heavy atom. The number of hydrogen-bond donors (Lipinski definition) is 1. The van der Waals surface area contributed by atoms with E-state index >= 15 is 0 Å². The largest absolute Gasteiger partial charge is 0.377 e. The van der Waals surface area contributed by atoms with E-state index in [0.717, 1.165) is 10.3 Å². The second kappa shape index (κ2) is 5.74. The van der Waals surface area contributed by atoms with Gasteiger partial charge in [0.05, 0.1) is 11.9 Å². The van der Waals surface area contributed by atoms with Crippen molar-refractivity contribution in [1.82, 2.24) is 4.98 Å². The lowest BCUT2D eigenvalue weighted by Gasteiger charge is -2.20. The van der Waals surface area contributed by atoms with Gasteiger partial charge in [-0.15, -0.1) is 0 Å². The van der Waals surface area contributed by atoms with Gasteiger partial charge in [-0.25, -0.2) is 4.98 Å². The lowest BCUT2D eigenvalue weighted by atomic mass is 9.95. The first-order valence-electron chi connectivity index (χ1n) is 6.43. The maximum absolute atomic E-state index is 4.24. The van der Waals surface area contributed by atoms with Crippen LogP contribution in [-0.4, -0.2) is 4.98 Å². The molecule has 0 spiro atoms. The van der Waals surface area contributed by atoms with Crippen molar-refractivity contribution in [3.8, 4) is 0 Å². The molecule has 0 aliphatic heterocycles. The quantitative estimate of drug-likeness (QED) is 0.810. The van der Waals surface area contributed by atoms with Crippen LogP contribution >= 0.6 is 15.9 Å². The van der Waals surface area contributed by atoms with Gasteiger partial charge in [-0.3, -0.25) is 0 Å². The third-order valence-corrected chi connectivity index (χ3v) is 3.75. The summed E-state index contributed by atoms with van der Waals surface area (Å²) in [5.41, 5.74) is 6.39. The minimum absolute atomic E-state index is 0.267. The van der Waals surface area contributed by atoms with Crippen LogP contribution in [0.5, 0.6) is 0 Å². The molecule has 19 heavy (non-hydrogen) atoms. The first-order chi connectivity index (χ1) is 8.97. The molecule has 0 radical (unpaired) electrons. The number of hydrogen-bond acceptors (Lipinski definition) is 2. The van der Waals surface area contributed by atoms with Crippen molar-refractivity contribution in [2.45, 2.75) is 33.7 Å². The summed E-state index contributed by atoms with van der Waals surface area (Å²) >= 11 is 3.35. The van der Waals surface area contributed by atoms with Gasteiger partial charge in [0.25, 0.3) is 0 Å². The molecule has 2 rings (SSSR count). The molecule has 0 aliphatic rings. The molecule has 1 aromatic carbocycles. The molecule has 0 amide bonds. The molecule has 0 saturated heterocycles. The van der Waals surface area contributed by atoms with E-state index in [9.17, 15) is 0 Å². The van der Waals surface area contributed by atoms with Crippen molar-refractivity contribution < 1.29 is 0 Å². The number of nitrogens with zero attached hydrogens (tertiary/aromatic N) is 1. The van der Waals surface area contributed by atoms with Crippen LogP contribution in [0.1, 0.15) is 35.2 Å². The van der Waals surface area contributed by atoms with Crippen LogP contribution in [0.2, 0.25) is 0 Å². The number of pyridine rings is 1. The van der Waals surface area contributed by atoms with Crippen LogP contribution in [0.15, 0.2) is 35.1 Å². The fourth-order valence-electron chi connectivity index (χ4n) is 2.66. The fraction of sp³-hybridized carbons (Fsp3) is 0.312. The Hall–Kier alpha value is -1.35. The van der Waals surface area contributed by atoms with Crippen molar-refractivity contribution >= 4 is 21.6 Å². The predicted molar refractivity (Wildman–Crippen MR) is 84.6 cm³/mol. The molecule has 3 heteroatoms. The second-order valence-electron chi connectivity index (χ2n) is 5.05. The molecule has 0 saturated carbocycles. The fourth-order valence-corrected chi connectivity index (χ4v) is 2.89. The third-order valence-electron chi connectivity index (χ3n) is 3.28. The second-order valence-corrected chi connectivity index (χ2v) is 5.86. The zero-order valence-electron chi connectivity index (χ0n) is 11.8. The number of nitrogens with one attached hydrogen (secondary N) is 1. The van der Waals surface area contributed by atoms with Crippen LogP contribution in [0.3, 0.4) is 0 Å². The highest BCUT2D eigenvalue weighted by atomic mass is 79.9. The van der Waals surface area contributed by atoms with Crippen molar-refractivity contribution in [2.75, 3.05) is 5.32 Å². The van der Waals surface area contributed by atoms with E-state index in [2.05, 4.69) is 66.1 Å². The minimum atomic E-state index is 0.267. The summed E-state index contributed by atoms with van der Waals surface area (Å²) in [7, 11) is 0. The number of aryl methyl sites for hydroxylation is 3. The van der Waals surface area contributed by atoms with Crippen LogP contribution in [0, 0.1) is 20.8 Å². The molecule has 2 aromatic rings. The van der Waals surface area contributed by atoms with Gasteiger partial charge in [-0.05, 0) is 72.4 Å². The Kier molecular flexibility index (Phi) is 4.25. The third kappa shape index (κ3) is 3.35. The highest BCUT2D eigenvalue weighted by molar-refractivity contribution is 9.10. The highest BCUT2D eigenvalue weighted by Gasteiger charge is 2.12. The van der Waals surface area contributed by atoms with Gasteiger partial charge in [0.2, 0.25) is 0 Å². The number of anilines is 1. The number of benzene rings is 1. The average molecular weight is 319 g/mol. The molecule has 1 N–H and O–H groups in total. The van der Waals surface area contributed by atoms with Gasteiger partial charge in [0, 0.05) is 6.04 Å². The Bertz CT molecular complexity index is 553. The van der Waals surface area contributed by atoms with Crippen LogP contribution in [0.25, 0.3) is 0 Å². The Balaban J connectivity index is 2.25. The molecule has 1 atom stereocenters. The van der Waals surface area contributed by atoms with E-state index in [-0.39, 0.29) is 6.04 Å². The molecule has 2 nitrogen and oxygen atoms in total. The zero-order valence-corrected chi connectivity index (χ0v) is 13.4.